The van der Waals surface area contributed by atoms with Gasteiger partial charge in [-0.3, -0.25) is 9.59 Å². The molecule has 6 nitrogen and oxygen atoms in total. The highest BCUT2D eigenvalue weighted by atomic mass is 35.5. The molecule has 0 spiro atoms. The summed E-state index contributed by atoms with van der Waals surface area (Å²) in [6.45, 7) is 2.31. The molecule has 32 heavy (non-hydrogen) atoms. The zero-order valence-corrected chi connectivity index (χ0v) is 18.5. The van der Waals surface area contributed by atoms with Crippen molar-refractivity contribution in [2.24, 2.45) is 5.92 Å². The molecular formula is C25H23ClO6. The molecule has 7 heteroatoms. The zero-order valence-electron chi connectivity index (χ0n) is 17.7. The molecule has 2 aromatic rings. The lowest BCUT2D eigenvalue weighted by molar-refractivity contribution is -0.140. The van der Waals surface area contributed by atoms with Crippen molar-refractivity contribution in [3.05, 3.63) is 57.3 Å². The molecule has 2 aromatic carbocycles. The van der Waals surface area contributed by atoms with Crippen LogP contribution in [0.2, 0.25) is 5.02 Å². The average molecular weight is 455 g/mol. The summed E-state index contributed by atoms with van der Waals surface area (Å²) >= 11 is 6.24. The maximum atomic E-state index is 13.0. The van der Waals surface area contributed by atoms with Crippen molar-refractivity contribution in [2.75, 3.05) is 6.79 Å². The lowest BCUT2D eigenvalue weighted by Crippen LogP contribution is -2.23. The van der Waals surface area contributed by atoms with E-state index in [1.807, 2.05) is 0 Å². The highest BCUT2D eigenvalue weighted by Crippen LogP contribution is 2.41. The number of allylic oxidation sites excluding steroid dienone is 1. The molecule has 3 aliphatic rings. The summed E-state index contributed by atoms with van der Waals surface area (Å²) in [5.41, 5.74) is 2.52. The molecule has 2 heterocycles. The normalized spacial score (nSPS) is 19.2. The molecule has 1 saturated carbocycles. The second-order valence-electron chi connectivity index (χ2n) is 8.36. The Labute approximate surface area is 191 Å². The van der Waals surface area contributed by atoms with Gasteiger partial charge in [0.15, 0.2) is 12.6 Å². The molecule has 0 unspecified atom stereocenters. The van der Waals surface area contributed by atoms with Crippen LogP contribution in [0, 0.1) is 12.8 Å². The van der Waals surface area contributed by atoms with Crippen LogP contribution in [0.1, 0.15) is 59.2 Å². The van der Waals surface area contributed by atoms with Gasteiger partial charge in [0.1, 0.15) is 17.2 Å². The molecule has 166 valence electrons. The predicted octanol–water partition coefficient (Wildman–Crippen LogP) is 5.62. The van der Waals surface area contributed by atoms with Gasteiger partial charge in [0.05, 0.1) is 18.1 Å². The van der Waals surface area contributed by atoms with E-state index < -0.39 is 0 Å². The SMILES string of the molecule is Cc1c(OC(=O)C2CCCCC2)ccc2c1O/C(=C\c1cc(Cl)cc3c1OCOC3)C2=O. The number of carbonyl (C=O) groups is 2. The number of fused-ring (bicyclic) bond motifs is 2. The Balaban J connectivity index is 1.42. The maximum Gasteiger partial charge on any atom is 0.314 e. The topological polar surface area (TPSA) is 71.1 Å². The van der Waals surface area contributed by atoms with E-state index >= 15 is 0 Å². The van der Waals surface area contributed by atoms with Crippen molar-refractivity contribution >= 4 is 29.4 Å². The number of carbonyl (C=O) groups excluding carboxylic acids is 2. The second-order valence-corrected chi connectivity index (χ2v) is 8.79. The van der Waals surface area contributed by atoms with Crippen LogP contribution < -0.4 is 14.2 Å². The van der Waals surface area contributed by atoms with E-state index in [0.29, 0.717) is 45.6 Å². The molecule has 5 rings (SSSR count). The van der Waals surface area contributed by atoms with Crippen molar-refractivity contribution in [3.63, 3.8) is 0 Å². The first-order valence-electron chi connectivity index (χ1n) is 10.8. The number of Topliss-reactive ketones (excluding diaryl/α,β-unsaturated/α-hetero) is 1. The van der Waals surface area contributed by atoms with Crippen molar-refractivity contribution < 1.29 is 28.5 Å². The van der Waals surface area contributed by atoms with Crippen LogP contribution in [0.5, 0.6) is 17.2 Å². The third kappa shape index (κ3) is 3.89. The van der Waals surface area contributed by atoms with Gasteiger partial charge >= 0.3 is 5.97 Å². The van der Waals surface area contributed by atoms with Gasteiger partial charge in [0.2, 0.25) is 5.78 Å². The molecule has 1 aliphatic carbocycles. The third-order valence-corrected chi connectivity index (χ3v) is 6.39. The number of ketones is 1. The third-order valence-electron chi connectivity index (χ3n) is 6.18. The molecular weight excluding hydrogens is 432 g/mol. The molecule has 0 amide bonds. The minimum Gasteiger partial charge on any atom is -0.467 e. The van der Waals surface area contributed by atoms with Crippen molar-refractivity contribution in [3.8, 4) is 17.2 Å². The van der Waals surface area contributed by atoms with Crippen LogP contribution in [0.15, 0.2) is 30.0 Å². The number of halogens is 1. The van der Waals surface area contributed by atoms with E-state index in [-0.39, 0.29) is 30.2 Å². The lowest BCUT2D eigenvalue weighted by atomic mass is 9.89. The highest BCUT2D eigenvalue weighted by molar-refractivity contribution is 6.31. The standard InChI is InChI=1S/C25H23ClO6/c1-14-20(32-25(28)15-5-3-2-4-6-15)8-7-19-22(27)21(31-23(14)19)11-16-9-18(26)10-17-12-29-13-30-24(16)17/h7-11,15H,2-6,12-13H2,1H3/b21-11-. The molecule has 0 aromatic heterocycles. The molecule has 1 fully saturated rings. The first-order chi connectivity index (χ1) is 15.5. The summed E-state index contributed by atoms with van der Waals surface area (Å²) in [5.74, 6) is 1.11. The van der Waals surface area contributed by atoms with E-state index in [1.54, 1.807) is 37.3 Å². The highest BCUT2D eigenvalue weighted by Gasteiger charge is 2.32. The van der Waals surface area contributed by atoms with Crippen molar-refractivity contribution in [1.29, 1.82) is 0 Å². The van der Waals surface area contributed by atoms with E-state index in [0.717, 1.165) is 31.2 Å². The fraction of sp³-hybridized carbons (Fsp3) is 0.360. The van der Waals surface area contributed by atoms with Crippen LogP contribution in [0.25, 0.3) is 6.08 Å². The van der Waals surface area contributed by atoms with E-state index in [9.17, 15) is 9.59 Å². The molecule has 2 aliphatic heterocycles. The number of rotatable bonds is 3. The van der Waals surface area contributed by atoms with Crippen LogP contribution >= 0.6 is 11.6 Å². The van der Waals surface area contributed by atoms with Gasteiger partial charge < -0.3 is 18.9 Å². The average Bonchev–Trinajstić information content (AvgIpc) is 3.12. The molecule has 0 bridgehead atoms. The predicted molar refractivity (Wildman–Crippen MR) is 118 cm³/mol. The zero-order chi connectivity index (χ0) is 22.2. The minimum absolute atomic E-state index is 0.0626. The van der Waals surface area contributed by atoms with E-state index in [2.05, 4.69) is 0 Å². The van der Waals surface area contributed by atoms with Gasteiger partial charge in [-0.15, -0.1) is 0 Å². The van der Waals surface area contributed by atoms with Gasteiger partial charge in [0, 0.05) is 21.7 Å². The summed E-state index contributed by atoms with van der Waals surface area (Å²) in [6, 6.07) is 6.82. The van der Waals surface area contributed by atoms with E-state index in [1.165, 1.54) is 6.42 Å². The van der Waals surface area contributed by atoms with Crippen molar-refractivity contribution in [1.82, 2.24) is 0 Å². The lowest BCUT2D eigenvalue weighted by Gasteiger charge is -2.20. The summed E-state index contributed by atoms with van der Waals surface area (Å²) in [7, 11) is 0. The largest absolute Gasteiger partial charge is 0.467 e. The summed E-state index contributed by atoms with van der Waals surface area (Å²) in [5, 5.41) is 0.515. The number of hydrogen-bond donors (Lipinski definition) is 0. The Morgan fingerprint density at radius 2 is 1.97 bits per heavy atom. The molecule has 0 saturated heterocycles. The monoisotopic (exact) mass is 454 g/mol. The van der Waals surface area contributed by atoms with Gasteiger partial charge in [-0.25, -0.2) is 0 Å². The Kier molecular flexibility index (Phi) is 5.66. The molecule has 0 N–H and O–H groups in total. The number of benzene rings is 2. The summed E-state index contributed by atoms with van der Waals surface area (Å²) in [6.07, 6.45) is 6.63. The Morgan fingerprint density at radius 3 is 2.78 bits per heavy atom. The van der Waals surface area contributed by atoms with Crippen molar-refractivity contribution in [2.45, 2.75) is 45.6 Å². The summed E-state index contributed by atoms with van der Waals surface area (Å²) in [4.78, 5) is 25.6. The smallest absolute Gasteiger partial charge is 0.314 e. The Hall–Kier alpha value is -2.83. The van der Waals surface area contributed by atoms with Crippen LogP contribution in [-0.4, -0.2) is 18.5 Å². The molecule has 0 atom stereocenters. The second kappa shape index (κ2) is 8.60. The quantitative estimate of drug-likeness (QED) is 0.340. The van der Waals surface area contributed by atoms with Crippen LogP contribution in [0.3, 0.4) is 0 Å². The van der Waals surface area contributed by atoms with Gasteiger partial charge in [-0.2, -0.15) is 0 Å². The summed E-state index contributed by atoms with van der Waals surface area (Å²) < 4.78 is 22.6. The van der Waals surface area contributed by atoms with E-state index in [4.69, 9.17) is 30.5 Å². The maximum absolute atomic E-state index is 13.0. The first-order valence-corrected chi connectivity index (χ1v) is 11.2. The first kappa shape index (κ1) is 21.0. The van der Waals surface area contributed by atoms with Gasteiger partial charge in [-0.1, -0.05) is 30.9 Å². The fourth-order valence-electron chi connectivity index (χ4n) is 4.47. The number of esters is 1. The van der Waals surface area contributed by atoms with Crippen LogP contribution in [0.4, 0.5) is 0 Å². The van der Waals surface area contributed by atoms with Gasteiger partial charge in [0.25, 0.3) is 0 Å². The fourth-order valence-corrected chi connectivity index (χ4v) is 4.71. The van der Waals surface area contributed by atoms with Crippen LogP contribution in [-0.2, 0) is 16.1 Å². The molecule has 0 radical (unpaired) electrons. The van der Waals surface area contributed by atoms with Gasteiger partial charge in [-0.05, 0) is 50.1 Å². The Morgan fingerprint density at radius 1 is 1.16 bits per heavy atom. The minimum atomic E-state index is -0.242. The Bertz CT molecular complexity index is 1130. The number of hydrogen-bond acceptors (Lipinski definition) is 6. The number of ether oxygens (including phenoxy) is 4.